The van der Waals surface area contributed by atoms with Crippen LogP contribution in [0.2, 0.25) is 0 Å². The van der Waals surface area contributed by atoms with Gasteiger partial charge in [0, 0.05) is 0 Å². The monoisotopic (exact) mass is 287 g/mol. The van der Waals surface area contributed by atoms with Gasteiger partial charge in [0.05, 0.1) is 26.3 Å². The first-order valence-electron chi connectivity index (χ1n) is 6.72. The Kier molecular flexibility index (Phi) is 4.34. The van der Waals surface area contributed by atoms with Crippen LogP contribution in [0.25, 0.3) is 0 Å². The van der Waals surface area contributed by atoms with Gasteiger partial charge in [-0.15, -0.1) is 0 Å². The third-order valence-electron chi connectivity index (χ3n) is 2.79. The van der Waals surface area contributed by atoms with E-state index in [1.807, 2.05) is 60.7 Å². The van der Waals surface area contributed by atoms with Gasteiger partial charge in [-0.25, -0.2) is 0 Å². The highest BCUT2D eigenvalue weighted by molar-refractivity contribution is 8.17. The molecule has 0 bridgehead atoms. The van der Waals surface area contributed by atoms with E-state index in [0.717, 1.165) is 9.79 Å². The molecule has 0 aromatic heterocycles. The molecule has 0 saturated carbocycles. The molecule has 0 heterocycles. The lowest BCUT2D eigenvalue weighted by Gasteiger charge is -2.25. The molecular weight excluding hydrogens is 266 g/mol. The van der Waals surface area contributed by atoms with Crippen molar-refractivity contribution < 1.29 is 4.18 Å². The molecule has 0 aliphatic rings. The number of rotatable bonds is 1. The molecule has 0 spiro atoms. The van der Waals surface area contributed by atoms with Crippen LogP contribution in [0, 0.1) is 10.0 Å². The summed E-state index contributed by atoms with van der Waals surface area (Å²) in [6.45, 7) is 6.80. The van der Waals surface area contributed by atoms with Gasteiger partial charge in [-0.1, -0.05) is 57.2 Å². The van der Waals surface area contributed by atoms with Crippen LogP contribution in [0.1, 0.15) is 20.8 Å². The van der Waals surface area contributed by atoms with Crippen LogP contribution in [0.3, 0.4) is 0 Å². The van der Waals surface area contributed by atoms with Crippen molar-refractivity contribution in [3.63, 3.8) is 0 Å². The molecule has 106 valence electrons. The van der Waals surface area contributed by atoms with Gasteiger partial charge >= 0.3 is 0 Å². The minimum atomic E-state index is -2.43. The Labute approximate surface area is 122 Å². The zero-order valence-electron chi connectivity index (χ0n) is 12.2. The van der Waals surface area contributed by atoms with Crippen molar-refractivity contribution in [2.75, 3.05) is 6.61 Å². The molecule has 0 aliphatic carbocycles. The van der Waals surface area contributed by atoms with Gasteiger partial charge in [0.1, 0.15) is 0 Å². The Morgan fingerprint density at radius 2 is 1.25 bits per heavy atom. The van der Waals surface area contributed by atoms with E-state index >= 15 is 0 Å². The Morgan fingerprint density at radius 1 is 0.850 bits per heavy atom. The molecule has 3 heteroatoms. The van der Waals surface area contributed by atoms with Gasteiger partial charge in [-0.05, 0) is 29.7 Å². The third kappa shape index (κ3) is 3.51. The molecule has 0 unspecified atom stereocenters. The summed E-state index contributed by atoms with van der Waals surface area (Å²) in [5.41, 5.74) is 0.00450. The van der Waals surface area contributed by atoms with Crippen LogP contribution in [-0.2, 0) is 4.18 Å². The number of hydrogen-bond acceptors (Lipinski definition) is 2. The maximum atomic E-state index is 11.2. The van der Waals surface area contributed by atoms with Gasteiger partial charge in [0.25, 0.3) is 0 Å². The van der Waals surface area contributed by atoms with Crippen LogP contribution < -0.4 is 0 Å². The fourth-order valence-corrected chi connectivity index (χ4v) is 3.86. The topological polar surface area (TPSA) is 33.0 Å². The average Bonchev–Trinajstić information content (AvgIpc) is 2.46. The molecule has 2 rings (SSSR count). The van der Waals surface area contributed by atoms with E-state index < -0.39 is 9.94 Å². The van der Waals surface area contributed by atoms with E-state index in [2.05, 4.69) is 20.8 Å². The molecule has 0 radical (unpaired) electrons. The van der Waals surface area contributed by atoms with Crippen LogP contribution in [0.5, 0.6) is 0 Å². The van der Waals surface area contributed by atoms with Gasteiger partial charge in [-0.3, -0.25) is 4.18 Å². The van der Waals surface area contributed by atoms with Crippen molar-refractivity contribution in [2.45, 2.75) is 30.6 Å². The normalized spacial score (nSPS) is 12.3. The summed E-state index contributed by atoms with van der Waals surface area (Å²) in [5, 5.41) is 0. The second kappa shape index (κ2) is 5.84. The third-order valence-corrected chi connectivity index (χ3v) is 5.07. The Morgan fingerprint density at radius 3 is 1.60 bits per heavy atom. The van der Waals surface area contributed by atoms with E-state index in [-0.39, 0.29) is 5.41 Å². The van der Waals surface area contributed by atoms with E-state index in [1.54, 1.807) is 0 Å². The second-order valence-electron chi connectivity index (χ2n) is 5.97. The zero-order chi connectivity index (χ0) is 14.6. The number of nitrogens with zero attached hydrogens (tertiary/aromatic N) is 1. The minimum Gasteiger partial charge on any atom is -0.297 e. The summed E-state index contributed by atoms with van der Waals surface area (Å²) in [6, 6.07) is 19.3. The quantitative estimate of drug-likeness (QED) is 0.706. The molecule has 0 N–H and O–H groups in total. The Balaban J connectivity index is 2.43. The molecule has 2 nitrogen and oxygen atoms in total. The van der Waals surface area contributed by atoms with Crippen molar-refractivity contribution in [1.29, 1.82) is 4.61 Å². The van der Waals surface area contributed by atoms with Crippen LogP contribution in [-0.4, -0.2) is 6.61 Å². The fourth-order valence-electron chi connectivity index (χ4n) is 1.74. The first-order chi connectivity index (χ1) is 9.42. The zero-order valence-corrected chi connectivity index (χ0v) is 13.1. The predicted molar refractivity (Wildman–Crippen MR) is 84.1 cm³/mol. The molecule has 0 aliphatic heterocycles. The van der Waals surface area contributed by atoms with Gasteiger partial charge in [0.15, 0.2) is 0 Å². The maximum Gasteiger partial charge on any atom is 0.0967 e. The van der Waals surface area contributed by atoms with Crippen molar-refractivity contribution in [2.24, 2.45) is 5.41 Å². The molecule has 2 aromatic rings. The lowest BCUT2D eigenvalue weighted by Crippen LogP contribution is -2.14. The summed E-state index contributed by atoms with van der Waals surface area (Å²) in [5.74, 6) is 0. The maximum absolute atomic E-state index is 11.2. The highest BCUT2D eigenvalue weighted by Gasteiger charge is 2.24. The number of hydrogen-bond donors (Lipinski definition) is 0. The molecular formula is C17H21NOS. The summed E-state index contributed by atoms with van der Waals surface area (Å²) >= 11 is 0. The molecule has 0 saturated heterocycles. The smallest absolute Gasteiger partial charge is 0.0967 e. The average molecular weight is 287 g/mol. The van der Waals surface area contributed by atoms with Crippen LogP contribution in [0.4, 0.5) is 0 Å². The lowest BCUT2D eigenvalue weighted by atomic mass is 9.99. The number of benzene rings is 2. The van der Waals surface area contributed by atoms with Crippen molar-refractivity contribution >= 4 is 9.94 Å². The largest absolute Gasteiger partial charge is 0.297 e. The molecule has 0 atom stereocenters. The Hall–Kier alpha value is -1.54. The van der Waals surface area contributed by atoms with Crippen LogP contribution >= 0.6 is 9.94 Å². The van der Waals surface area contributed by atoms with E-state index in [1.165, 1.54) is 0 Å². The highest BCUT2D eigenvalue weighted by Crippen LogP contribution is 2.51. The van der Waals surface area contributed by atoms with Crippen molar-refractivity contribution in [3.8, 4) is 0 Å². The van der Waals surface area contributed by atoms with Gasteiger partial charge in [-0.2, -0.15) is 4.61 Å². The van der Waals surface area contributed by atoms with Crippen LogP contribution in [0.15, 0.2) is 70.5 Å². The van der Waals surface area contributed by atoms with Gasteiger partial charge < -0.3 is 0 Å². The standard InChI is InChI=1S/C17H21NOS/c1-17(2,3)14-19-20(18,15-10-6-4-7-11-15)16-12-8-5-9-13-16/h4-13H,14H2,1-3H3. The van der Waals surface area contributed by atoms with E-state index in [9.17, 15) is 4.61 Å². The molecule has 2 aromatic carbocycles. The summed E-state index contributed by atoms with van der Waals surface area (Å²) in [4.78, 5) is 1.66. The Bertz CT molecular complexity index is 602. The SMILES string of the molecule is CC(C)(C)COS(#N)(c1ccccc1)c1ccccc1. The van der Waals surface area contributed by atoms with E-state index in [0.29, 0.717) is 6.61 Å². The predicted octanol–water partition coefficient (Wildman–Crippen LogP) is 5.37. The molecule has 0 fully saturated rings. The fraction of sp³-hybridized carbons (Fsp3) is 0.294. The molecule has 0 amide bonds. The first kappa shape index (κ1) is 14.9. The summed E-state index contributed by atoms with van der Waals surface area (Å²) < 4.78 is 17.2. The highest BCUT2D eigenvalue weighted by atomic mass is 32.2. The van der Waals surface area contributed by atoms with Crippen molar-refractivity contribution in [3.05, 3.63) is 60.7 Å². The minimum absolute atomic E-state index is 0.00450. The summed E-state index contributed by atoms with van der Waals surface area (Å²) in [6.07, 6.45) is 0. The van der Waals surface area contributed by atoms with Crippen molar-refractivity contribution in [1.82, 2.24) is 0 Å². The van der Waals surface area contributed by atoms with E-state index in [4.69, 9.17) is 4.18 Å². The summed E-state index contributed by atoms with van der Waals surface area (Å²) in [7, 11) is -2.43. The van der Waals surface area contributed by atoms with Gasteiger partial charge in [0.2, 0.25) is 0 Å². The second-order valence-corrected chi connectivity index (χ2v) is 8.20. The first-order valence-corrected chi connectivity index (χ1v) is 8.24. The molecule has 20 heavy (non-hydrogen) atoms. The lowest BCUT2D eigenvalue weighted by molar-refractivity contribution is 0.220.